The number of nitriles is 1. The van der Waals surface area contributed by atoms with Crippen molar-refractivity contribution >= 4 is 44.4 Å². The highest BCUT2D eigenvalue weighted by atomic mass is 32.1. The lowest BCUT2D eigenvalue weighted by molar-refractivity contribution is -0.348. The van der Waals surface area contributed by atoms with Gasteiger partial charge in [-0.25, -0.2) is 9.37 Å². The average molecular weight is 505 g/mol. The van der Waals surface area contributed by atoms with Crippen molar-refractivity contribution in [2.75, 3.05) is 5.32 Å². The topological polar surface area (TPSA) is 48.7 Å². The van der Waals surface area contributed by atoms with Crippen LogP contribution in [-0.2, 0) is 12.1 Å². The molecule has 1 heterocycles. The van der Waals surface area contributed by atoms with E-state index in [2.05, 4.69) is 10.3 Å². The summed E-state index contributed by atoms with van der Waals surface area (Å²) in [6, 6.07) is 7.94. The Kier molecular flexibility index (Phi) is 6.43. The molecule has 0 saturated heterocycles. The third-order valence-electron chi connectivity index (χ3n) is 4.96. The normalized spacial score (nSPS) is 12.6. The molecule has 0 fully saturated rings. The number of anilines is 1. The summed E-state index contributed by atoms with van der Waals surface area (Å²) in [5.41, 5.74) is -5.77. The largest absolute Gasteiger partial charge is 0.435 e. The minimum absolute atomic E-state index is 0.0187. The van der Waals surface area contributed by atoms with E-state index in [1.807, 2.05) is 6.07 Å². The highest BCUT2D eigenvalue weighted by Gasteiger charge is 2.73. The maximum absolute atomic E-state index is 14.5. The van der Waals surface area contributed by atoms with Crippen molar-refractivity contribution in [2.24, 2.45) is 0 Å². The van der Waals surface area contributed by atoms with Gasteiger partial charge in [0.15, 0.2) is 5.01 Å². The Morgan fingerprint density at radius 2 is 1.73 bits per heavy atom. The molecular formula is C21H14F7N3S2. The second-order valence-electron chi connectivity index (χ2n) is 7.10. The molecule has 174 valence electrons. The first-order valence-electron chi connectivity index (χ1n) is 9.31. The van der Waals surface area contributed by atoms with Gasteiger partial charge in [0.25, 0.3) is 0 Å². The Labute approximate surface area is 192 Å². The second-order valence-corrected chi connectivity index (χ2v) is 8.54. The van der Waals surface area contributed by atoms with Gasteiger partial charge in [-0.3, -0.25) is 0 Å². The lowest BCUT2D eigenvalue weighted by Gasteiger charge is -2.31. The number of benzene rings is 2. The number of hydrogen-bond acceptors (Lipinski definition) is 4. The molecule has 33 heavy (non-hydrogen) atoms. The predicted molar refractivity (Wildman–Crippen MR) is 115 cm³/mol. The summed E-state index contributed by atoms with van der Waals surface area (Å²) in [6.45, 7) is 2.78. The van der Waals surface area contributed by atoms with Crippen LogP contribution in [0, 0.1) is 18.3 Å². The Hall–Kier alpha value is -2.78. The van der Waals surface area contributed by atoms with E-state index >= 15 is 0 Å². The molecule has 2 aromatic carbocycles. The molecule has 0 saturated carbocycles. The fraction of sp³-hybridized carbons (Fsp3) is 0.286. The quantitative estimate of drug-likeness (QED) is 0.303. The van der Waals surface area contributed by atoms with Crippen LogP contribution in [0.15, 0.2) is 30.3 Å². The number of nitrogens with zero attached hydrogens (tertiary/aromatic N) is 2. The van der Waals surface area contributed by atoms with Crippen LogP contribution in [0.2, 0.25) is 0 Å². The number of rotatable bonds is 4. The van der Waals surface area contributed by atoms with Crippen LogP contribution >= 0.6 is 23.6 Å². The average Bonchev–Trinajstić information content (AvgIpc) is 3.15. The second kappa shape index (κ2) is 8.53. The summed E-state index contributed by atoms with van der Waals surface area (Å²) >= 11 is 6.51. The van der Waals surface area contributed by atoms with E-state index in [9.17, 15) is 30.7 Å². The molecule has 0 atom stereocenters. The zero-order valence-electron chi connectivity index (χ0n) is 17.0. The molecule has 0 spiro atoms. The molecule has 3 nitrogen and oxygen atoms in total. The van der Waals surface area contributed by atoms with Crippen molar-refractivity contribution < 1.29 is 30.7 Å². The van der Waals surface area contributed by atoms with E-state index in [-0.39, 0.29) is 33.2 Å². The molecule has 0 bridgehead atoms. The minimum atomic E-state index is -6.20. The Morgan fingerprint density at radius 3 is 2.27 bits per heavy atom. The number of nitrogens with one attached hydrogen (secondary N) is 1. The smallest absolute Gasteiger partial charge is 0.346 e. The molecule has 0 amide bonds. The molecule has 3 aromatic rings. The standard InChI is InChI=1S/C21H14F7N3S2/c1-3-11-7-13(19(22,20(23,24)25)21(26,27)28)6-10(2)17(11)31-18(32)12-4-5-14-15(8-12)33-16(9-29)30-14/h4-8H,3H2,1-2H3,(H,31,32). The summed E-state index contributed by atoms with van der Waals surface area (Å²) < 4.78 is 94.3. The van der Waals surface area contributed by atoms with Gasteiger partial charge in [-0.2, -0.15) is 31.6 Å². The molecule has 3 rings (SSSR count). The maximum Gasteiger partial charge on any atom is 0.435 e. The van der Waals surface area contributed by atoms with E-state index in [0.29, 0.717) is 27.9 Å². The molecule has 1 aromatic heterocycles. The Morgan fingerprint density at radius 1 is 1.09 bits per heavy atom. The van der Waals surface area contributed by atoms with Crippen molar-refractivity contribution in [3.8, 4) is 6.07 Å². The number of thiocarbonyl (C=S) groups is 1. The molecule has 0 aliphatic carbocycles. The number of alkyl halides is 7. The molecular weight excluding hydrogens is 491 g/mol. The first kappa shape index (κ1) is 24.9. The zero-order valence-corrected chi connectivity index (χ0v) is 18.6. The molecule has 0 unspecified atom stereocenters. The highest BCUT2D eigenvalue weighted by molar-refractivity contribution is 7.81. The number of aryl methyl sites for hydroxylation is 2. The van der Waals surface area contributed by atoms with Crippen LogP contribution in [-0.4, -0.2) is 22.3 Å². The van der Waals surface area contributed by atoms with Gasteiger partial charge in [-0.15, -0.1) is 11.3 Å². The summed E-state index contributed by atoms with van der Waals surface area (Å²) in [5.74, 6) is 0. The van der Waals surface area contributed by atoms with Gasteiger partial charge >= 0.3 is 18.0 Å². The minimum Gasteiger partial charge on any atom is -0.346 e. The summed E-state index contributed by atoms with van der Waals surface area (Å²) in [7, 11) is 0. The van der Waals surface area contributed by atoms with Crippen LogP contribution in [0.4, 0.5) is 36.4 Å². The van der Waals surface area contributed by atoms with Crippen molar-refractivity contribution in [1.82, 2.24) is 4.98 Å². The highest BCUT2D eigenvalue weighted by Crippen LogP contribution is 2.53. The molecule has 0 aliphatic heterocycles. The number of fused-ring (bicyclic) bond motifs is 1. The van der Waals surface area contributed by atoms with Crippen molar-refractivity contribution in [1.29, 1.82) is 5.26 Å². The summed E-state index contributed by atoms with van der Waals surface area (Å²) in [4.78, 5) is 4.25. The fourth-order valence-electron chi connectivity index (χ4n) is 3.30. The van der Waals surface area contributed by atoms with Crippen LogP contribution < -0.4 is 5.32 Å². The van der Waals surface area contributed by atoms with Gasteiger partial charge in [-0.05, 0) is 48.7 Å². The molecule has 1 N–H and O–H groups in total. The van der Waals surface area contributed by atoms with Crippen LogP contribution in [0.25, 0.3) is 10.2 Å². The number of hydrogen-bond donors (Lipinski definition) is 1. The van der Waals surface area contributed by atoms with E-state index in [4.69, 9.17) is 17.5 Å². The zero-order chi connectivity index (χ0) is 24.8. The van der Waals surface area contributed by atoms with Gasteiger partial charge in [0.2, 0.25) is 0 Å². The van der Waals surface area contributed by atoms with E-state index in [0.717, 1.165) is 11.3 Å². The SMILES string of the molecule is CCc1cc(C(F)(C(F)(F)F)C(F)(F)F)cc(C)c1NC(=S)c1ccc2nc(C#N)sc2c1. The summed E-state index contributed by atoms with van der Waals surface area (Å²) in [6.07, 6.45) is -12.4. The lowest BCUT2D eigenvalue weighted by atomic mass is 9.89. The Bertz CT molecular complexity index is 1260. The Balaban J connectivity index is 2.03. The van der Waals surface area contributed by atoms with Crippen LogP contribution in [0.5, 0.6) is 0 Å². The first-order valence-corrected chi connectivity index (χ1v) is 10.5. The molecule has 0 aliphatic rings. The van der Waals surface area contributed by atoms with Crippen LogP contribution in [0.1, 0.15) is 34.2 Å². The van der Waals surface area contributed by atoms with Gasteiger partial charge in [-0.1, -0.05) is 25.2 Å². The third-order valence-corrected chi connectivity index (χ3v) is 6.22. The van der Waals surface area contributed by atoms with E-state index < -0.39 is 23.6 Å². The van der Waals surface area contributed by atoms with Gasteiger partial charge in [0.1, 0.15) is 11.1 Å². The van der Waals surface area contributed by atoms with Crippen LogP contribution in [0.3, 0.4) is 0 Å². The predicted octanol–water partition coefficient (Wildman–Crippen LogP) is 7.12. The number of halogens is 7. The monoisotopic (exact) mass is 505 g/mol. The lowest BCUT2D eigenvalue weighted by Crippen LogP contribution is -2.50. The molecule has 12 heteroatoms. The molecule has 0 radical (unpaired) electrons. The van der Waals surface area contributed by atoms with Crippen molar-refractivity contribution in [2.45, 2.75) is 38.3 Å². The fourth-order valence-corrected chi connectivity index (χ4v) is 4.34. The van der Waals surface area contributed by atoms with Gasteiger partial charge in [0.05, 0.1) is 10.2 Å². The number of aromatic nitrogens is 1. The van der Waals surface area contributed by atoms with E-state index in [1.165, 1.54) is 13.8 Å². The third kappa shape index (κ3) is 4.39. The first-order chi connectivity index (χ1) is 15.2. The van der Waals surface area contributed by atoms with Gasteiger partial charge in [0, 0.05) is 16.8 Å². The van der Waals surface area contributed by atoms with E-state index in [1.54, 1.807) is 18.2 Å². The summed E-state index contributed by atoms with van der Waals surface area (Å²) in [5, 5.41) is 12.1. The maximum atomic E-state index is 14.5. The van der Waals surface area contributed by atoms with Crippen molar-refractivity contribution in [3.05, 3.63) is 57.6 Å². The van der Waals surface area contributed by atoms with Crippen molar-refractivity contribution in [3.63, 3.8) is 0 Å². The number of thiazole rings is 1. The van der Waals surface area contributed by atoms with Gasteiger partial charge < -0.3 is 5.32 Å².